The lowest BCUT2D eigenvalue weighted by Gasteiger charge is -2.48. The summed E-state index contributed by atoms with van der Waals surface area (Å²) in [7, 11) is 1.73. The summed E-state index contributed by atoms with van der Waals surface area (Å²) in [5.41, 5.74) is 5.91. The Morgan fingerprint density at radius 2 is 2.18 bits per heavy atom. The highest BCUT2D eigenvalue weighted by Gasteiger charge is 2.36. The Morgan fingerprint density at radius 3 is 2.55 bits per heavy atom. The maximum absolute atomic E-state index is 5.86. The van der Waals surface area contributed by atoms with E-state index in [1.807, 2.05) is 0 Å². The minimum absolute atomic E-state index is 0.0437. The van der Waals surface area contributed by atoms with Gasteiger partial charge in [-0.15, -0.1) is 0 Å². The Morgan fingerprint density at radius 1 is 1.64 bits per heavy atom. The third-order valence-electron chi connectivity index (χ3n) is 2.16. The maximum atomic E-state index is 5.86. The molecule has 11 heavy (non-hydrogen) atoms. The Bertz CT molecular complexity index is 128. The first-order chi connectivity index (χ1) is 5.05. The molecule has 1 aliphatic heterocycles. The summed E-state index contributed by atoms with van der Waals surface area (Å²) < 4.78 is 5.05. The van der Waals surface area contributed by atoms with Gasteiger partial charge in [-0.2, -0.15) is 0 Å². The van der Waals surface area contributed by atoms with Crippen LogP contribution in [0.25, 0.3) is 0 Å². The molecule has 0 aromatic carbocycles. The summed E-state index contributed by atoms with van der Waals surface area (Å²) in [5.74, 6) is 0. The minimum atomic E-state index is 0.0437. The number of ether oxygens (including phenoxy) is 1. The van der Waals surface area contributed by atoms with Crippen molar-refractivity contribution in [1.29, 1.82) is 0 Å². The van der Waals surface area contributed by atoms with Gasteiger partial charge in [0.25, 0.3) is 0 Å². The van der Waals surface area contributed by atoms with E-state index in [9.17, 15) is 0 Å². The molecule has 1 unspecified atom stereocenters. The quantitative estimate of drug-likeness (QED) is 0.631. The minimum Gasteiger partial charge on any atom is -0.383 e. The largest absolute Gasteiger partial charge is 0.383 e. The zero-order valence-corrected chi connectivity index (χ0v) is 7.63. The molecule has 66 valence electrons. The molecule has 3 heteroatoms. The van der Waals surface area contributed by atoms with Crippen molar-refractivity contribution in [2.75, 3.05) is 26.8 Å². The van der Waals surface area contributed by atoms with Crippen molar-refractivity contribution in [2.24, 2.45) is 5.73 Å². The Balaban J connectivity index is 2.21. The molecule has 0 aromatic rings. The molecule has 1 saturated heterocycles. The molecule has 0 saturated carbocycles. The second kappa shape index (κ2) is 3.09. The second-order valence-corrected chi connectivity index (χ2v) is 3.86. The molecule has 2 N–H and O–H groups in total. The topological polar surface area (TPSA) is 38.5 Å². The van der Waals surface area contributed by atoms with E-state index in [4.69, 9.17) is 10.5 Å². The fourth-order valence-electron chi connectivity index (χ4n) is 1.54. The summed E-state index contributed by atoms with van der Waals surface area (Å²) in [5, 5.41) is 0. The summed E-state index contributed by atoms with van der Waals surface area (Å²) in [6.45, 7) is 7.05. The number of rotatable bonds is 3. The first-order valence-electron chi connectivity index (χ1n) is 4.07. The van der Waals surface area contributed by atoms with Crippen molar-refractivity contribution < 1.29 is 4.74 Å². The third kappa shape index (κ3) is 2.15. The van der Waals surface area contributed by atoms with Gasteiger partial charge in [0.1, 0.15) is 0 Å². The molecule has 3 nitrogen and oxygen atoms in total. The molecule has 0 amide bonds. The van der Waals surface area contributed by atoms with E-state index in [2.05, 4.69) is 18.7 Å². The van der Waals surface area contributed by atoms with E-state index in [1.54, 1.807) is 7.11 Å². The first kappa shape index (κ1) is 8.97. The van der Waals surface area contributed by atoms with Crippen LogP contribution in [0.1, 0.15) is 13.8 Å². The zero-order chi connectivity index (χ0) is 8.48. The number of nitrogens with zero attached hydrogens (tertiary/aromatic N) is 1. The summed E-state index contributed by atoms with van der Waals surface area (Å²) in [4.78, 5) is 2.34. The molecule has 0 spiro atoms. The molecule has 1 aliphatic rings. The van der Waals surface area contributed by atoms with Crippen LogP contribution in [-0.2, 0) is 4.74 Å². The van der Waals surface area contributed by atoms with Gasteiger partial charge in [0.05, 0.1) is 6.61 Å². The van der Waals surface area contributed by atoms with Gasteiger partial charge in [-0.1, -0.05) is 0 Å². The number of nitrogens with two attached hydrogens (primary N) is 1. The SMILES string of the molecule is COCC(C)N1CC(C)(N)C1. The van der Waals surface area contributed by atoms with Gasteiger partial charge in [0.2, 0.25) is 0 Å². The van der Waals surface area contributed by atoms with Crippen LogP contribution >= 0.6 is 0 Å². The molecule has 1 rings (SSSR count). The fourth-order valence-corrected chi connectivity index (χ4v) is 1.54. The normalized spacial score (nSPS) is 26.2. The van der Waals surface area contributed by atoms with E-state index >= 15 is 0 Å². The van der Waals surface area contributed by atoms with E-state index < -0.39 is 0 Å². The van der Waals surface area contributed by atoms with Gasteiger partial charge >= 0.3 is 0 Å². The highest BCUT2D eigenvalue weighted by Crippen LogP contribution is 2.19. The van der Waals surface area contributed by atoms with Crippen LogP contribution in [0, 0.1) is 0 Å². The monoisotopic (exact) mass is 158 g/mol. The fraction of sp³-hybridized carbons (Fsp3) is 1.00. The number of methoxy groups -OCH3 is 1. The summed E-state index contributed by atoms with van der Waals surface area (Å²) >= 11 is 0. The second-order valence-electron chi connectivity index (χ2n) is 3.86. The molecule has 0 aliphatic carbocycles. The van der Waals surface area contributed by atoms with Crippen LogP contribution in [-0.4, -0.2) is 43.3 Å². The van der Waals surface area contributed by atoms with Gasteiger partial charge < -0.3 is 10.5 Å². The number of likely N-dealkylation sites (tertiary alicyclic amines) is 1. The van der Waals surface area contributed by atoms with E-state index in [1.165, 1.54) is 0 Å². The van der Waals surface area contributed by atoms with Crippen LogP contribution < -0.4 is 5.73 Å². The third-order valence-corrected chi connectivity index (χ3v) is 2.16. The van der Waals surface area contributed by atoms with Gasteiger partial charge in [-0.3, -0.25) is 4.90 Å². The molecule has 1 heterocycles. The van der Waals surface area contributed by atoms with Gasteiger partial charge in [0.15, 0.2) is 0 Å². The molecular formula is C8H18N2O. The van der Waals surface area contributed by atoms with Crippen molar-refractivity contribution in [2.45, 2.75) is 25.4 Å². The maximum Gasteiger partial charge on any atom is 0.0615 e. The summed E-state index contributed by atoms with van der Waals surface area (Å²) in [6, 6.07) is 0.511. The standard InChI is InChI=1S/C8H18N2O/c1-7(4-11-3)10-5-8(2,9)6-10/h7H,4-6,9H2,1-3H3. The first-order valence-corrected chi connectivity index (χ1v) is 4.07. The molecule has 1 fully saturated rings. The van der Waals surface area contributed by atoms with Crippen molar-refractivity contribution in [3.8, 4) is 0 Å². The van der Waals surface area contributed by atoms with Crippen LogP contribution in [0.3, 0.4) is 0 Å². The van der Waals surface area contributed by atoms with Crippen molar-refractivity contribution in [3.05, 3.63) is 0 Å². The Kier molecular flexibility index (Phi) is 2.52. The van der Waals surface area contributed by atoms with E-state index in [0.29, 0.717) is 6.04 Å². The van der Waals surface area contributed by atoms with E-state index in [-0.39, 0.29) is 5.54 Å². The van der Waals surface area contributed by atoms with Gasteiger partial charge in [0, 0.05) is 31.8 Å². The van der Waals surface area contributed by atoms with Crippen molar-refractivity contribution >= 4 is 0 Å². The Hall–Kier alpha value is -0.120. The highest BCUT2D eigenvalue weighted by atomic mass is 16.5. The summed E-state index contributed by atoms with van der Waals surface area (Å²) in [6.07, 6.45) is 0. The lowest BCUT2D eigenvalue weighted by molar-refractivity contribution is 0.0112. The number of hydrogen-bond donors (Lipinski definition) is 1. The van der Waals surface area contributed by atoms with Gasteiger partial charge in [-0.05, 0) is 13.8 Å². The molecule has 0 bridgehead atoms. The molecule has 1 atom stereocenters. The average molecular weight is 158 g/mol. The molecular weight excluding hydrogens is 140 g/mol. The van der Waals surface area contributed by atoms with Crippen LogP contribution in [0.4, 0.5) is 0 Å². The predicted octanol–water partition coefficient (Wildman–Crippen LogP) is 0.0543. The van der Waals surface area contributed by atoms with Crippen molar-refractivity contribution in [3.63, 3.8) is 0 Å². The van der Waals surface area contributed by atoms with E-state index in [0.717, 1.165) is 19.7 Å². The average Bonchev–Trinajstić information content (AvgIpc) is 1.83. The van der Waals surface area contributed by atoms with Gasteiger partial charge in [-0.25, -0.2) is 0 Å². The lowest BCUT2D eigenvalue weighted by Crippen LogP contribution is -2.67. The predicted molar refractivity (Wildman–Crippen MR) is 45.5 cm³/mol. The Labute approximate surface area is 68.5 Å². The van der Waals surface area contributed by atoms with Crippen LogP contribution in [0.15, 0.2) is 0 Å². The molecule has 0 radical (unpaired) electrons. The molecule has 0 aromatic heterocycles. The lowest BCUT2D eigenvalue weighted by atomic mass is 9.92. The van der Waals surface area contributed by atoms with Crippen LogP contribution in [0.2, 0.25) is 0 Å². The van der Waals surface area contributed by atoms with Crippen LogP contribution in [0.5, 0.6) is 0 Å². The number of hydrogen-bond acceptors (Lipinski definition) is 3. The zero-order valence-electron chi connectivity index (χ0n) is 7.63. The smallest absolute Gasteiger partial charge is 0.0615 e. The van der Waals surface area contributed by atoms with Crippen molar-refractivity contribution in [1.82, 2.24) is 4.90 Å². The highest BCUT2D eigenvalue weighted by molar-refractivity contribution is 4.97.